The van der Waals surface area contributed by atoms with Gasteiger partial charge < -0.3 is 5.73 Å². The fourth-order valence-electron chi connectivity index (χ4n) is 1.67. The van der Waals surface area contributed by atoms with Gasteiger partial charge in [0.05, 0.1) is 6.04 Å². The van der Waals surface area contributed by atoms with Crippen molar-refractivity contribution in [3.8, 4) is 0 Å². The van der Waals surface area contributed by atoms with Gasteiger partial charge in [-0.15, -0.1) is 0 Å². The van der Waals surface area contributed by atoms with E-state index < -0.39 is 11.9 Å². The van der Waals surface area contributed by atoms with E-state index in [1.54, 1.807) is 30.3 Å². The highest BCUT2D eigenvalue weighted by Gasteiger charge is 2.16. The summed E-state index contributed by atoms with van der Waals surface area (Å²) in [4.78, 5) is 0. The fraction of sp³-hybridized carbons (Fsp3) is 0.0769. The molecule has 0 spiro atoms. The quantitative estimate of drug-likeness (QED) is 0.844. The van der Waals surface area contributed by atoms with Crippen molar-refractivity contribution in [2.75, 3.05) is 0 Å². The van der Waals surface area contributed by atoms with Crippen molar-refractivity contribution >= 4 is 34.8 Å². The van der Waals surface area contributed by atoms with E-state index in [4.69, 9.17) is 40.5 Å². The molecule has 0 saturated heterocycles. The topological polar surface area (TPSA) is 26.0 Å². The minimum Gasteiger partial charge on any atom is -0.320 e. The molecule has 94 valence electrons. The lowest BCUT2D eigenvalue weighted by molar-refractivity contribution is 0.600. The monoisotopic (exact) mass is 303 g/mol. The Morgan fingerprint density at radius 2 is 1.50 bits per heavy atom. The summed E-state index contributed by atoms with van der Waals surface area (Å²) >= 11 is 17.6. The number of benzene rings is 2. The number of halogens is 4. The third-order valence-electron chi connectivity index (χ3n) is 2.59. The Balaban J connectivity index is 2.47. The molecule has 2 aromatic rings. The third-order valence-corrected chi connectivity index (χ3v) is 3.41. The van der Waals surface area contributed by atoms with E-state index in [1.165, 1.54) is 6.07 Å². The van der Waals surface area contributed by atoms with Crippen LogP contribution in [0.3, 0.4) is 0 Å². The summed E-state index contributed by atoms with van der Waals surface area (Å²) in [5.41, 5.74) is 6.91. The van der Waals surface area contributed by atoms with E-state index >= 15 is 0 Å². The lowest BCUT2D eigenvalue weighted by atomic mass is 9.99. The van der Waals surface area contributed by atoms with Crippen LogP contribution in [0.2, 0.25) is 15.1 Å². The van der Waals surface area contributed by atoms with Crippen LogP contribution in [0.1, 0.15) is 17.2 Å². The van der Waals surface area contributed by atoms with Crippen molar-refractivity contribution < 1.29 is 4.39 Å². The van der Waals surface area contributed by atoms with Crippen molar-refractivity contribution in [2.24, 2.45) is 5.73 Å². The first kappa shape index (κ1) is 13.6. The van der Waals surface area contributed by atoms with E-state index in [9.17, 15) is 4.39 Å². The minimum absolute atomic E-state index is 0.320. The summed E-state index contributed by atoms with van der Waals surface area (Å²) in [6.45, 7) is 0. The maximum atomic E-state index is 13.8. The van der Waals surface area contributed by atoms with Crippen molar-refractivity contribution in [1.29, 1.82) is 0 Å². The summed E-state index contributed by atoms with van der Waals surface area (Å²) < 4.78 is 13.8. The molecule has 1 atom stereocenters. The van der Waals surface area contributed by atoms with Crippen LogP contribution in [-0.2, 0) is 0 Å². The molecule has 1 nitrogen and oxygen atoms in total. The lowest BCUT2D eigenvalue weighted by Crippen LogP contribution is -2.14. The average molecular weight is 305 g/mol. The summed E-state index contributed by atoms with van der Waals surface area (Å²) in [5.74, 6) is -0.467. The largest absolute Gasteiger partial charge is 0.320 e. The molecule has 0 radical (unpaired) electrons. The van der Waals surface area contributed by atoms with E-state index in [0.29, 0.717) is 26.2 Å². The molecular formula is C13H9Cl3FN. The second kappa shape index (κ2) is 5.45. The van der Waals surface area contributed by atoms with Crippen LogP contribution < -0.4 is 5.73 Å². The number of hydrogen-bond donors (Lipinski definition) is 1. The molecule has 2 rings (SSSR count). The van der Waals surface area contributed by atoms with Crippen LogP contribution in [-0.4, -0.2) is 0 Å². The highest BCUT2D eigenvalue weighted by molar-refractivity contribution is 6.33. The van der Waals surface area contributed by atoms with Gasteiger partial charge in [-0.2, -0.15) is 0 Å². The molecule has 0 heterocycles. The maximum Gasteiger partial charge on any atom is 0.129 e. The predicted octanol–water partition coefficient (Wildman–Crippen LogP) is 4.83. The van der Waals surface area contributed by atoms with Crippen molar-refractivity contribution in [3.05, 3.63) is 68.4 Å². The van der Waals surface area contributed by atoms with Gasteiger partial charge >= 0.3 is 0 Å². The van der Waals surface area contributed by atoms with E-state index in [0.717, 1.165) is 0 Å². The molecule has 0 fully saturated rings. The smallest absolute Gasteiger partial charge is 0.129 e. The van der Waals surface area contributed by atoms with Crippen LogP contribution >= 0.6 is 34.8 Å². The molecule has 0 bridgehead atoms. The van der Waals surface area contributed by atoms with Crippen LogP contribution in [0.15, 0.2) is 36.4 Å². The number of nitrogens with two attached hydrogens (primary N) is 1. The van der Waals surface area contributed by atoms with Crippen molar-refractivity contribution in [1.82, 2.24) is 0 Å². The predicted molar refractivity (Wildman–Crippen MR) is 73.9 cm³/mol. The molecule has 0 amide bonds. The first-order valence-corrected chi connectivity index (χ1v) is 6.28. The van der Waals surface area contributed by atoms with Gasteiger partial charge in [0.25, 0.3) is 0 Å². The summed E-state index contributed by atoms with van der Waals surface area (Å²) in [5, 5.41) is 1.26. The minimum atomic E-state index is -0.687. The first-order chi connectivity index (χ1) is 8.49. The van der Waals surface area contributed by atoms with Crippen molar-refractivity contribution in [2.45, 2.75) is 6.04 Å². The zero-order valence-corrected chi connectivity index (χ0v) is 11.4. The Kier molecular flexibility index (Phi) is 4.13. The Bertz CT molecular complexity index is 586. The number of rotatable bonds is 2. The van der Waals surface area contributed by atoms with Crippen LogP contribution in [0.5, 0.6) is 0 Å². The molecule has 0 aromatic heterocycles. The molecule has 1 unspecified atom stereocenters. The van der Waals surface area contributed by atoms with Gasteiger partial charge in [0.15, 0.2) is 0 Å². The van der Waals surface area contributed by atoms with Crippen LogP contribution in [0.25, 0.3) is 0 Å². The second-order valence-corrected chi connectivity index (χ2v) is 5.09. The highest BCUT2D eigenvalue weighted by Crippen LogP contribution is 2.31. The van der Waals surface area contributed by atoms with Gasteiger partial charge in [-0.05, 0) is 35.9 Å². The van der Waals surface area contributed by atoms with Gasteiger partial charge in [0.1, 0.15) is 5.82 Å². The SMILES string of the molecule is NC(c1ccc(Cl)cc1F)c1cc(Cl)ccc1Cl. The molecule has 18 heavy (non-hydrogen) atoms. The third kappa shape index (κ3) is 2.78. The van der Waals surface area contributed by atoms with Gasteiger partial charge in [0.2, 0.25) is 0 Å². The molecule has 2 aromatic carbocycles. The van der Waals surface area contributed by atoms with E-state index in [2.05, 4.69) is 0 Å². The summed E-state index contributed by atoms with van der Waals surface area (Å²) in [6.07, 6.45) is 0. The fourth-order valence-corrected chi connectivity index (χ4v) is 2.25. The summed E-state index contributed by atoms with van der Waals surface area (Å²) in [7, 11) is 0. The first-order valence-electron chi connectivity index (χ1n) is 5.14. The normalized spacial score (nSPS) is 12.5. The average Bonchev–Trinajstić information content (AvgIpc) is 2.31. The second-order valence-electron chi connectivity index (χ2n) is 3.81. The molecular weight excluding hydrogens is 296 g/mol. The molecule has 0 aliphatic carbocycles. The van der Waals surface area contributed by atoms with Crippen LogP contribution in [0.4, 0.5) is 4.39 Å². The van der Waals surface area contributed by atoms with Gasteiger partial charge in [-0.25, -0.2) is 4.39 Å². The van der Waals surface area contributed by atoms with Gasteiger partial charge in [-0.3, -0.25) is 0 Å². The van der Waals surface area contributed by atoms with Gasteiger partial charge in [-0.1, -0.05) is 40.9 Å². The molecule has 0 saturated carbocycles. The Hall–Kier alpha value is -0.800. The molecule has 0 aliphatic rings. The zero-order valence-electron chi connectivity index (χ0n) is 9.13. The van der Waals surface area contributed by atoms with Crippen molar-refractivity contribution in [3.63, 3.8) is 0 Å². The highest BCUT2D eigenvalue weighted by atomic mass is 35.5. The molecule has 5 heteroatoms. The molecule has 2 N–H and O–H groups in total. The summed E-state index contributed by atoms with van der Waals surface area (Å²) in [6, 6.07) is 8.56. The van der Waals surface area contributed by atoms with Gasteiger partial charge in [0, 0.05) is 20.6 Å². The lowest BCUT2D eigenvalue weighted by Gasteiger charge is -2.15. The number of hydrogen-bond acceptors (Lipinski definition) is 1. The Morgan fingerprint density at radius 3 is 2.17 bits per heavy atom. The van der Waals surface area contributed by atoms with Crippen LogP contribution in [0, 0.1) is 5.82 Å². The Morgan fingerprint density at radius 1 is 0.889 bits per heavy atom. The molecule has 0 aliphatic heterocycles. The van der Waals surface area contributed by atoms with E-state index in [-0.39, 0.29) is 0 Å². The Labute approximate surface area is 119 Å². The maximum absolute atomic E-state index is 13.8. The zero-order chi connectivity index (χ0) is 13.3. The standard InChI is InChI=1S/C13H9Cl3FN/c14-7-2-4-11(16)10(5-7)13(18)9-3-1-8(15)6-12(9)17/h1-6,13H,18H2. The van der Waals surface area contributed by atoms with E-state index in [1.807, 2.05) is 0 Å².